The van der Waals surface area contributed by atoms with E-state index in [1.165, 1.54) is 6.92 Å². The molecule has 0 aliphatic carbocycles. The van der Waals surface area contributed by atoms with Crippen LogP contribution in [0.5, 0.6) is 0 Å². The number of aryl methyl sites for hydroxylation is 1. The summed E-state index contributed by atoms with van der Waals surface area (Å²) in [7, 11) is 0.948. The third-order valence-electron chi connectivity index (χ3n) is 1.60. The van der Waals surface area contributed by atoms with Crippen molar-refractivity contribution < 1.29 is 17.2 Å². The summed E-state index contributed by atoms with van der Waals surface area (Å²) >= 11 is 0. The van der Waals surface area contributed by atoms with Crippen LogP contribution in [0.2, 0.25) is 0 Å². The van der Waals surface area contributed by atoms with E-state index in [9.17, 15) is 17.2 Å². The first-order valence-electron chi connectivity index (χ1n) is 3.66. The summed E-state index contributed by atoms with van der Waals surface area (Å²) in [5.41, 5.74) is -0.138. The molecule has 0 unspecified atom stereocenters. The van der Waals surface area contributed by atoms with E-state index >= 15 is 0 Å². The minimum Gasteiger partial charge on any atom is -0.212 e. The molecule has 0 amide bonds. The summed E-state index contributed by atoms with van der Waals surface area (Å²) in [6.45, 7) is 1.51. The Labute approximate surface area is 84.9 Å². The van der Waals surface area contributed by atoms with Crippen LogP contribution in [0.25, 0.3) is 0 Å². The van der Waals surface area contributed by atoms with Crippen molar-refractivity contribution in [2.45, 2.75) is 12.7 Å². The van der Waals surface area contributed by atoms with Crippen molar-refractivity contribution in [2.75, 3.05) is 0 Å². The van der Waals surface area contributed by atoms with Crippen LogP contribution in [-0.2, 0) is 14.8 Å². The SMILES string of the molecule is Cc1cc(F)c(CS(=O)(=O)Cl)c(F)c1. The summed E-state index contributed by atoms with van der Waals surface area (Å²) in [6.07, 6.45) is 0. The van der Waals surface area contributed by atoms with Gasteiger partial charge in [0, 0.05) is 16.2 Å². The molecule has 0 radical (unpaired) electrons. The summed E-state index contributed by atoms with van der Waals surface area (Å²) in [5.74, 6) is -2.63. The maximum absolute atomic E-state index is 13.1. The molecule has 1 aromatic carbocycles. The normalized spacial score (nSPS) is 11.7. The lowest BCUT2D eigenvalue weighted by molar-refractivity contribution is 0.557. The van der Waals surface area contributed by atoms with Gasteiger partial charge in [-0.2, -0.15) is 0 Å². The molecule has 0 aliphatic rings. The number of hydrogen-bond acceptors (Lipinski definition) is 2. The van der Waals surface area contributed by atoms with E-state index in [1.807, 2.05) is 0 Å². The van der Waals surface area contributed by atoms with Crippen LogP contribution in [-0.4, -0.2) is 8.42 Å². The molecule has 78 valence electrons. The highest BCUT2D eigenvalue weighted by molar-refractivity contribution is 8.13. The molecular formula is C8H7ClF2O2S. The van der Waals surface area contributed by atoms with Crippen molar-refractivity contribution >= 4 is 19.7 Å². The van der Waals surface area contributed by atoms with Crippen LogP contribution >= 0.6 is 10.7 Å². The topological polar surface area (TPSA) is 34.1 Å². The van der Waals surface area contributed by atoms with Crippen molar-refractivity contribution in [1.82, 2.24) is 0 Å². The maximum atomic E-state index is 13.1. The standard InChI is InChI=1S/C8H7ClF2O2S/c1-5-2-7(10)6(8(11)3-5)4-14(9,12)13/h2-3H,4H2,1H3. The summed E-state index contributed by atoms with van der Waals surface area (Å²) < 4.78 is 47.4. The number of rotatable bonds is 2. The van der Waals surface area contributed by atoms with Crippen LogP contribution < -0.4 is 0 Å². The quantitative estimate of drug-likeness (QED) is 0.744. The second-order valence-electron chi connectivity index (χ2n) is 2.89. The summed E-state index contributed by atoms with van der Waals surface area (Å²) in [4.78, 5) is 0. The van der Waals surface area contributed by atoms with Crippen LogP contribution in [0.4, 0.5) is 8.78 Å². The van der Waals surface area contributed by atoms with Gasteiger partial charge in [-0.05, 0) is 24.6 Å². The van der Waals surface area contributed by atoms with E-state index < -0.39 is 32.0 Å². The van der Waals surface area contributed by atoms with E-state index in [0.29, 0.717) is 5.56 Å². The third-order valence-corrected chi connectivity index (χ3v) is 2.56. The van der Waals surface area contributed by atoms with Gasteiger partial charge >= 0.3 is 0 Å². The molecule has 6 heteroatoms. The highest BCUT2D eigenvalue weighted by Gasteiger charge is 2.16. The van der Waals surface area contributed by atoms with Crippen molar-refractivity contribution in [1.29, 1.82) is 0 Å². The van der Waals surface area contributed by atoms with Gasteiger partial charge in [-0.15, -0.1) is 0 Å². The van der Waals surface area contributed by atoms with Crippen molar-refractivity contribution in [3.05, 3.63) is 34.9 Å². The van der Waals surface area contributed by atoms with Crippen LogP contribution in [0, 0.1) is 18.6 Å². The van der Waals surface area contributed by atoms with E-state index in [2.05, 4.69) is 0 Å². The highest BCUT2D eigenvalue weighted by atomic mass is 35.7. The number of benzene rings is 1. The average Bonchev–Trinajstić information content (AvgIpc) is 1.95. The van der Waals surface area contributed by atoms with Gasteiger partial charge in [-0.1, -0.05) is 0 Å². The Morgan fingerprint density at radius 1 is 1.29 bits per heavy atom. The fourth-order valence-electron chi connectivity index (χ4n) is 1.04. The zero-order valence-electron chi connectivity index (χ0n) is 7.22. The first-order chi connectivity index (χ1) is 6.29. The van der Waals surface area contributed by atoms with Crippen LogP contribution in [0.3, 0.4) is 0 Å². The highest BCUT2D eigenvalue weighted by Crippen LogP contribution is 2.19. The lowest BCUT2D eigenvalue weighted by Gasteiger charge is -2.03. The average molecular weight is 241 g/mol. The maximum Gasteiger partial charge on any atom is 0.236 e. The Morgan fingerprint density at radius 3 is 2.07 bits per heavy atom. The number of halogens is 3. The smallest absolute Gasteiger partial charge is 0.212 e. The van der Waals surface area contributed by atoms with E-state index in [0.717, 1.165) is 12.1 Å². The molecule has 0 saturated heterocycles. The van der Waals surface area contributed by atoms with Gasteiger partial charge in [-0.3, -0.25) is 0 Å². The van der Waals surface area contributed by atoms with Gasteiger partial charge in [0.15, 0.2) is 0 Å². The molecule has 0 atom stereocenters. The molecule has 0 aromatic heterocycles. The lowest BCUT2D eigenvalue weighted by Crippen LogP contribution is -2.02. The predicted octanol–water partition coefficient (Wildman–Crippen LogP) is 2.34. The monoisotopic (exact) mass is 240 g/mol. The Balaban J connectivity index is 3.22. The van der Waals surface area contributed by atoms with Gasteiger partial charge < -0.3 is 0 Å². The van der Waals surface area contributed by atoms with Crippen molar-refractivity contribution in [3.63, 3.8) is 0 Å². The molecule has 0 aliphatic heterocycles. The molecule has 1 rings (SSSR count). The van der Waals surface area contributed by atoms with Crippen LogP contribution in [0.1, 0.15) is 11.1 Å². The van der Waals surface area contributed by atoms with Gasteiger partial charge in [0.1, 0.15) is 11.6 Å². The molecule has 0 spiro atoms. The number of hydrogen-bond donors (Lipinski definition) is 0. The first-order valence-corrected chi connectivity index (χ1v) is 6.14. The molecule has 0 saturated carbocycles. The second kappa shape index (κ2) is 3.82. The van der Waals surface area contributed by atoms with E-state index in [-0.39, 0.29) is 0 Å². The molecule has 1 aromatic rings. The molecule has 0 fully saturated rings. The van der Waals surface area contributed by atoms with Crippen molar-refractivity contribution in [2.24, 2.45) is 0 Å². The Morgan fingerprint density at radius 2 is 1.71 bits per heavy atom. The van der Waals surface area contributed by atoms with Gasteiger partial charge in [0.2, 0.25) is 9.05 Å². The molecule has 0 bridgehead atoms. The van der Waals surface area contributed by atoms with E-state index in [4.69, 9.17) is 10.7 Å². The zero-order chi connectivity index (χ0) is 10.9. The molecule has 0 heterocycles. The van der Waals surface area contributed by atoms with Gasteiger partial charge in [0.25, 0.3) is 0 Å². The third kappa shape index (κ3) is 2.92. The first kappa shape index (κ1) is 11.4. The Bertz CT molecular complexity index is 433. The minimum absolute atomic E-state index is 0.385. The largest absolute Gasteiger partial charge is 0.236 e. The van der Waals surface area contributed by atoms with Crippen molar-refractivity contribution in [3.8, 4) is 0 Å². The van der Waals surface area contributed by atoms with Crippen LogP contribution in [0.15, 0.2) is 12.1 Å². The summed E-state index contributed by atoms with van der Waals surface area (Å²) in [5, 5.41) is 0. The Hall–Kier alpha value is -0.680. The second-order valence-corrected chi connectivity index (χ2v) is 5.67. The fourth-order valence-corrected chi connectivity index (χ4v) is 1.99. The molecular weight excluding hydrogens is 234 g/mol. The molecule has 14 heavy (non-hydrogen) atoms. The Kier molecular flexibility index (Phi) is 3.11. The lowest BCUT2D eigenvalue weighted by atomic mass is 10.1. The van der Waals surface area contributed by atoms with E-state index in [1.54, 1.807) is 0 Å². The summed E-state index contributed by atoms with van der Waals surface area (Å²) in [6, 6.07) is 2.11. The van der Waals surface area contributed by atoms with Gasteiger partial charge in [0.05, 0.1) is 5.75 Å². The predicted molar refractivity (Wildman–Crippen MR) is 49.6 cm³/mol. The molecule has 0 N–H and O–H groups in total. The van der Waals surface area contributed by atoms with Gasteiger partial charge in [-0.25, -0.2) is 17.2 Å². The zero-order valence-corrected chi connectivity index (χ0v) is 8.79. The fraction of sp³-hybridized carbons (Fsp3) is 0.250. The minimum atomic E-state index is -3.94. The molecule has 2 nitrogen and oxygen atoms in total.